The predicted molar refractivity (Wildman–Crippen MR) is 82.9 cm³/mol. The maximum absolute atomic E-state index is 12.1. The van der Waals surface area contributed by atoms with Crippen LogP contribution in [0.15, 0.2) is 42.0 Å². The van der Waals surface area contributed by atoms with Gasteiger partial charge >= 0.3 is 5.97 Å². The van der Waals surface area contributed by atoms with Crippen LogP contribution in [0, 0.1) is 0 Å². The van der Waals surface area contributed by atoms with Crippen LogP contribution in [0.2, 0.25) is 0 Å². The van der Waals surface area contributed by atoms with Gasteiger partial charge in [0.1, 0.15) is 6.04 Å². The first-order valence-corrected chi connectivity index (χ1v) is 6.81. The molecule has 1 atom stereocenters. The van der Waals surface area contributed by atoms with E-state index in [1.54, 1.807) is 0 Å². The molecule has 0 radical (unpaired) electrons. The minimum absolute atomic E-state index is 0. The number of hydrogen-bond donors (Lipinski definition) is 0. The second-order valence-corrected chi connectivity index (χ2v) is 4.94. The Balaban J connectivity index is 0.00000200. The molecule has 0 spiro atoms. The second-order valence-electron chi connectivity index (χ2n) is 4.94. The van der Waals surface area contributed by atoms with Crippen LogP contribution in [0.3, 0.4) is 0 Å². The standard InChI is InChI=1S/C16H21NO2.ClH/c1-3-19-16(18)15-11-13(2)9-10-17(15)12-14-7-5-4-6-8-14;/h4-9,15H,3,10-12H2,1-2H3;1H/t15-;/m1./s1. The topological polar surface area (TPSA) is 29.5 Å². The highest BCUT2D eigenvalue weighted by Gasteiger charge is 2.29. The Morgan fingerprint density at radius 3 is 2.70 bits per heavy atom. The summed E-state index contributed by atoms with van der Waals surface area (Å²) in [6.45, 7) is 5.96. The fourth-order valence-corrected chi connectivity index (χ4v) is 2.38. The van der Waals surface area contributed by atoms with Crippen molar-refractivity contribution in [2.24, 2.45) is 0 Å². The molecule has 0 aliphatic carbocycles. The summed E-state index contributed by atoms with van der Waals surface area (Å²) in [6, 6.07) is 10.1. The van der Waals surface area contributed by atoms with Gasteiger partial charge in [-0.2, -0.15) is 0 Å². The Morgan fingerprint density at radius 1 is 1.35 bits per heavy atom. The molecule has 2 rings (SSSR count). The quantitative estimate of drug-likeness (QED) is 0.631. The molecule has 1 heterocycles. The van der Waals surface area contributed by atoms with Gasteiger partial charge in [0, 0.05) is 13.1 Å². The molecule has 0 fully saturated rings. The van der Waals surface area contributed by atoms with Crippen molar-refractivity contribution >= 4 is 18.4 Å². The SMILES string of the molecule is CCOC(=O)[C@H]1CC(C)=CCN1Cc1ccccc1.Cl. The van der Waals surface area contributed by atoms with Crippen molar-refractivity contribution in [1.82, 2.24) is 4.90 Å². The van der Waals surface area contributed by atoms with E-state index in [-0.39, 0.29) is 24.4 Å². The summed E-state index contributed by atoms with van der Waals surface area (Å²) in [5.74, 6) is -0.106. The summed E-state index contributed by atoms with van der Waals surface area (Å²) in [5.41, 5.74) is 2.49. The summed E-state index contributed by atoms with van der Waals surface area (Å²) in [4.78, 5) is 14.2. The number of esters is 1. The van der Waals surface area contributed by atoms with Gasteiger partial charge < -0.3 is 4.74 Å². The predicted octanol–water partition coefficient (Wildman–Crippen LogP) is 3.19. The molecule has 0 unspecified atom stereocenters. The van der Waals surface area contributed by atoms with Gasteiger partial charge in [0.2, 0.25) is 0 Å². The van der Waals surface area contributed by atoms with Crippen LogP contribution < -0.4 is 0 Å². The molecule has 1 aromatic rings. The lowest BCUT2D eigenvalue weighted by Crippen LogP contribution is -2.44. The molecule has 0 bridgehead atoms. The lowest BCUT2D eigenvalue weighted by atomic mass is 10.0. The van der Waals surface area contributed by atoms with E-state index in [0.29, 0.717) is 6.61 Å². The van der Waals surface area contributed by atoms with Gasteiger partial charge in [-0.15, -0.1) is 12.4 Å². The molecule has 1 aromatic carbocycles. The van der Waals surface area contributed by atoms with E-state index < -0.39 is 0 Å². The lowest BCUT2D eigenvalue weighted by Gasteiger charge is -2.33. The zero-order valence-corrected chi connectivity index (χ0v) is 12.9. The minimum Gasteiger partial charge on any atom is -0.465 e. The Labute approximate surface area is 127 Å². The number of carbonyl (C=O) groups is 1. The highest BCUT2D eigenvalue weighted by molar-refractivity contribution is 5.85. The fourth-order valence-electron chi connectivity index (χ4n) is 2.38. The molecule has 0 aromatic heterocycles. The smallest absolute Gasteiger partial charge is 0.323 e. The first-order valence-electron chi connectivity index (χ1n) is 6.81. The van der Waals surface area contributed by atoms with E-state index in [0.717, 1.165) is 19.5 Å². The monoisotopic (exact) mass is 295 g/mol. The summed E-state index contributed by atoms with van der Waals surface area (Å²) in [6.07, 6.45) is 2.96. The first-order chi connectivity index (χ1) is 9.20. The van der Waals surface area contributed by atoms with E-state index >= 15 is 0 Å². The number of ether oxygens (including phenoxy) is 1. The first kappa shape index (κ1) is 16.7. The van der Waals surface area contributed by atoms with Gasteiger partial charge in [-0.25, -0.2) is 0 Å². The van der Waals surface area contributed by atoms with Gasteiger partial charge in [-0.05, 0) is 25.8 Å². The molecule has 0 amide bonds. The van der Waals surface area contributed by atoms with Crippen LogP contribution in [0.5, 0.6) is 0 Å². The van der Waals surface area contributed by atoms with Gasteiger partial charge in [0.05, 0.1) is 6.61 Å². The third-order valence-corrected chi connectivity index (χ3v) is 3.42. The van der Waals surface area contributed by atoms with Crippen LogP contribution in [0.1, 0.15) is 25.8 Å². The second kappa shape index (κ2) is 8.08. The number of halogens is 1. The third-order valence-electron chi connectivity index (χ3n) is 3.42. The Bertz CT molecular complexity index is 459. The molecule has 1 aliphatic rings. The third kappa shape index (κ3) is 4.36. The highest BCUT2D eigenvalue weighted by atomic mass is 35.5. The number of benzene rings is 1. The van der Waals surface area contributed by atoms with Crippen molar-refractivity contribution in [3.8, 4) is 0 Å². The molecular formula is C16H22ClNO2. The molecular weight excluding hydrogens is 274 g/mol. The molecule has 20 heavy (non-hydrogen) atoms. The summed E-state index contributed by atoms with van der Waals surface area (Å²) >= 11 is 0. The van der Waals surface area contributed by atoms with Gasteiger partial charge in [-0.3, -0.25) is 9.69 Å². The summed E-state index contributed by atoms with van der Waals surface area (Å²) in [7, 11) is 0. The molecule has 0 saturated carbocycles. The zero-order valence-electron chi connectivity index (χ0n) is 12.0. The van der Waals surface area contributed by atoms with Crippen molar-refractivity contribution in [2.45, 2.75) is 32.9 Å². The van der Waals surface area contributed by atoms with E-state index in [2.05, 4.69) is 30.0 Å². The highest BCUT2D eigenvalue weighted by Crippen LogP contribution is 2.21. The van der Waals surface area contributed by atoms with Crippen molar-refractivity contribution in [2.75, 3.05) is 13.2 Å². The van der Waals surface area contributed by atoms with E-state index in [4.69, 9.17) is 4.74 Å². The van der Waals surface area contributed by atoms with Crippen LogP contribution in [-0.2, 0) is 16.1 Å². The zero-order chi connectivity index (χ0) is 13.7. The van der Waals surface area contributed by atoms with Crippen molar-refractivity contribution < 1.29 is 9.53 Å². The lowest BCUT2D eigenvalue weighted by molar-refractivity contribution is -0.149. The molecule has 4 heteroatoms. The molecule has 0 N–H and O–H groups in total. The maximum Gasteiger partial charge on any atom is 0.323 e. The van der Waals surface area contributed by atoms with Gasteiger partial charge in [0.25, 0.3) is 0 Å². The van der Waals surface area contributed by atoms with E-state index in [1.807, 2.05) is 25.1 Å². The average molecular weight is 296 g/mol. The Morgan fingerprint density at radius 2 is 2.05 bits per heavy atom. The number of rotatable bonds is 4. The van der Waals surface area contributed by atoms with Gasteiger partial charge in [0.15, 0.2) is 0 Å². The van der Waals surface area contributed by atoms with E-state index in [1.165, 1.54) is 11.1 Å². The number of carbonyl (C=O) groups excluding carboxylic acids is 1. The van der Waals surface area contributed by atoms with Crippen LogP contribution >= 0.6 is 12.4 Å². The average Bonchev–Trinajstić information content (AvgIpc) is 2.42. The molecule has 0 saturated heterocycles. The Hall–Kier alpha value is -1.32. The van der Waals surface area contributed by atoms with Crippen LogP contribution in [-0.4, -0.2) is 30.1 Å². The van der Waals surface area contributed by atoms with E-state index in [9.17, 15) is 4.79 Å². The molecule has 110 valence electrons. The summed E-state index contributed by atoms with van der Waals surface area (Å²) in [5, 5.41) is 0. The normalized spacial score (nSPS) is 18.9. The van der Waals surface area contributed by atoms with Crippen LogP contribution in [0.4, 0.5) is 0 Å². The molecule has 1 aliphatic heterocycles. The number of hydrogen-bond acceptors (Lipinski definition) is 3. The van der Waals surface area contributed by atoms with Crippen molar-refractivity contribution in [3.05, 3.63) is 47.5 Å². The maximum atomic E-state index is 12.1. The number of nitrogens with zero attached hydrogens (tertiary/aromatic N) is 1. The van der Waals surface area contributed by atoms with Crippen molar-refractivity contribution in [1.29, 1.82) is 0 Å². The fraction of sp³-hybridized carbons (Fsp3) is 0.438. The Kier molecular flexibility index (Phi) is 6.76. The molecule has 3 nitrogen and oxygen atoms in total. The minimum atomic E-state index is -0.148. The van der Waals surface area contributed by atoms with Crippen LogP contribution in [0.25, 0.3) is 0 Å². The van der Waals surface area contributed by atoms with Gasteiger partial charge in [-0.1, -0.05) is 42.0 Å². The summed E-state index contributed by atoms with van der Waals surface area (Å²) < 4.78 is 5.19. The largest absolute Gasteiger partial charge is 0.465 e. The van der Waals surface area contributed by atoms with Crippen molar-refractivity contribution in [3.63, 3.8) is 0 Å².